The average molecular weight is 219 g/mol. The molecule has 0 saturated carbocycles. The van der Waals surface area contributed by atoms with E-state index in [2.05, 4.69) is 40.7 Å². The van der Waals surface area contributed by atoms with Crippen molar-refractivity contribution in [2.45, 2.75) is 46.0 Å². The van der Waals surface area contributed by atoms with Gasteiger partial charge in [0.25, 0.3) is 0 Å². The standard InChI is InChI=1S/C14H21NO/c1-9(2)10-7-6-8-11(13(15)16)12(10)14(3,4)5/h6-9H,1-5H3,(H2,15,16). The summed E-state index contributed by atoms with van der Waals surface area (Å²) in [6.45, 7) is 10.6. The lowest BCUT2D eigenvalue weighted by atomic mass is 9.78. The molecule has 0 aliphatic carbocycles. The molecule has 2 N–H and O–H groups in total. The van der Waals surface area contributed by atoms with Gasteiger partial charge in [-0.2, -0.15) is 0 Å². The summed E-state index contributed by atoms with van der Waals surface area (Å²) in [5, 5.41) is 0. The first kappa shape index (κ1) is 12.8. The molecule has 1 rings (SSSR count). The second-order valence-electron chi connectivity index (χ2n) is 5.54. The van der Waals surface area contributed by atoms with Gasteiger partial charge in [0.05, 0.1) is 0 Å². The van der Waals surface area contributed by atoms with E-state index < -0.39 is 0 Å². The van der Waals surface area contributed by atoms with Crippen molar-refractivity contribution >= 4 is 5.91 Å². The maximum atomic E-state index is 11.5. The maximum Gasteiger partial charge on any atom is 0.249 e. The van der Waals surface area contributed by atoms with Crippen molar-refractivity contribution in [3.05, 3.63) is 34.9 Å². The smallest absolute Gasteiger partial charge is 0.249 e. The van der Waals surface area contributed by atoms with Gasteiger partial charge in [-0.1, -0.05) is 46.8 Å². The summed E-state index contributed by atoms with van der Waals surface area (Å²) in [6.07, 6.45) is 0. The highest BCUT2D eigenvalue weighted by Gasteiger charge is 2.24. The van der Waals surface area contributed by atoms with Gasteiger partial charge in [-0.3, -0.25) is 4.79 Å². The van der Waals surface area contributed by atoms with Gasteiger partial charge in [0, 0.05) is 5.56 Å². The summed E-state index contributed by atoms with van der Waals surface area (Å²) in [6, 6.07) is 5.80. The molecule has 0 unspecified atom stereocenters. The van der Waals surface area contributed by atoms with Gasteiger partial charge < -0.3 is 5.73 Å². The molecule has 0 aliphatic rings. The summed E-state index contributed by atoms with van der Waals surface area (Å²) in [5.41, 5.74) is 8.32. The molecule has 1 amide bonds. The number of amides is 1. The number of rotatable bonds is 2. The highest BCUT2D eigenvalue weighted by molar-refractivity contribution is 5.95. The molecule has 0 aliphatic heterocycles. The van der Waals surface area contributed by atoms with Crippen LogP contribution in [0.1, 0.15) is 62.0 Å². The summed E-state index contributed by atoms with van der Waals surface area (Å²) in [4.78, 5) is 11.5. The molecule has 0 aromatic heterocycles. The van der Waals surface area contributed by atoms with Gasteiger partial charge in [0.2, 0.25) is 5.91 Å². The molecule has 0 heterocycles. The van der Waals surface area contributed by atoms with E-state index in [1.165, 1.54) is 5.56 Å². The van der Waals surface area contributed by atoms with Crippen LogP contribution in [-0.2, 0) is 5.41 Å². The van der Waals surface area contributed by atoms with E-state index in [0.717, 1.165) is 5.56 Å². The SMILES string of the molecule is CC(C)c1cccc(C(N)=O)c1C(C)(C)C. The van der Waals surface area contributed by atoms with Crippen LogP contribution in [0.3, 0.4) is 0 Å². The van der Waals surface area contributed by atoms with Crippen molar-refractivity contribution in [2.75, 3.05) is 0 Å². The largest absolute Gasteiger partial charge is 0.366 e. The fourth-order valence-corrected chi connectivity index (χ4v) is 2.09. The lowest BCUT2D eigenvalue weighted by Gasteiger charge is -2.27. The van der Waals surface area contributed by atoms with Crippen LogP contribution < -0.4 is 5.73 Å². The van der Waals surface area contributed by atoms with E-state index in [1.54, 1.807) is 0 Å². The number of hydrogen-bond acceptors (Lipinski definition) is 1. The van der Waals surface area contributed by atoms with Crippen molar-refractivity contribution in [3.63, 3.8) is 0 Å². The van der Waals surface area contributed by atoms with Crippen LogP contribution in [0, 0.1) is 0 Å². The molecular weight excluding hydrogens is 198 g/mol. The molecule has 0 fully saturated rings. The van der Waals surface area contributed by atoms with E-state index in [9.17, 15) is 4.79 Å². The van der Waals surface area contributed by atoms with Crippen molar-refractivity contribution in [2.24, 2.45) is 5.73 Å². The number of carbonyl (C=O) groups excluding carboxylic acids is 1. The number of carbonyl (C=O) groups is 1. The summed E-state index contributed by atoms with van der Waals surface area (Å²) in [7, 11) is 0. The first-order valence-electron chi connectivity index (χ1n) is 5.68. The Hall–Kier alpha value is -1.31. The van der Waals surface area contributed by atoms with Crippen LogP contribution in [0.2, 0.25) is 0 Å². The zero-order chi connectivity index (χ0) is 12.5. The molecule has 0 spiro atoms. The van der Waals surface area contributed by atoms with E-state index in [0.29, 0.717) is 11.5 Å². The van der Waals surface area contributed by atoms with Gasteiger partial charge in [0.15, 0.2) is 0 Å². The maximum absolute atomic E-state index is 11.5. The van der Waals surface area contributed by atoms with Crippen LogP contribution in [0.15, 0.2) is 18.2 Å². The third kappa shape index (κ3) is 2.43. The van der Waals surface area contributed by atoms with E-state index in [4.69, 9.17) is 5.73 Å². The molecule has 0 saturated heterocycles. The predicted octanol–water partition coefficient (Wildman–Crippen LogP) is 3.21. The second-order valence-corrected chi connectivity index (χ2v) is 5.54. The number of nitrogens with two attached hydrogens (primary N) is 1. The minimum absolute atomic E-state index is 0.0643. The Morgan fingerprint density at radius 2 is 1.81 bits per heavy atom. The van der Waals surface area contributed by atoms with Crippen LogP contribution in [0.5, 0.6) is 0 Å². The normalized spacial score (nSPS) is 11.9. The highest BCUT2D eigenvalue weighted by atomic mass is 16.1. The topological polar surface area (TPSA) is 43.1 Å². The minimum atomic E-state index is -0.340. The number of benzene rings is 1. The fraction of sp³-hybridized carbons (Fsp3) is 0.500. The van der Waals surface area contributed by atoms with Crippen molar-refractivity contribution in [1.29, 1.82) is 0 Å². The molecule has 0 atom stereocenters. The minimum Gasteiger partial charge on any atom is -0.366 e. The van der Waals surface area contributed by atoms with E-state index in [-0.39, 0.29) is 11.3 Å². The Labute approximate surface area is 97.9 Å². The zero-order valence-electron chi connectivity index (χ0n) is 10.8. The Balaban J connectivity index is 3.54. The van der Waals surface area contributed by atoms with Gasteiger partial charge in [-0.15, -0.1) is 0 Å². The molecular formula is C14H21NO. The summed E-state index contributed by atoms with van der Waals surface area (Å²) >= 11 is 0. The van der Waals surface area contributed by atoms with Crippen LogP contribution in [-0.4, -0.2) is 5.91 Å². The molecule has 2 nitrogen and oxygen atoms in total. The highest BCUT2D eigenvalue weighted by Crippen LogP contribution is 2.33. The second kappa shape index (κ2) is 4.28. The first-order valence-corrected chi connectivity index (χ1v) is 5.68. The number of primary amides is 1. The van der Waals surface area contributed by atoms with Crippen LogP contribution >= 0.6 is 0 Å². The van der Waals surface area contributed by atoms with Gasteiger partial charge in [-0.05, 0) is 28.5 Å². The lowest BCUT2D eigenvalue weighted by Crippen LogP contribution is -2.23. The van der Waals surface area contributed by atoms with Crippen molar-refractivity contribution in [3.8, 4) is 0 Å². The molecule has 2 heteroatoms. The monoisotopic (exact) mass is 219 g/mol. The van der Waals surface area contributed by atoms with E-state index >= 15 is 0 Å². The molecule has 88 valence electrons. The predicted molar refractivity (Wildman–Crippen MR) is 67.7 cm³/mol. The third-order valence-corrected chi connectivity index (χ3v) is 2.73. The molecule has 0 bridgehead atoms. The Morgan fingerprint density at radius 3 is 2.19 bits per heavy atom. The van der Waals surface area contributed by atoms with Gasteiger partial charge >= 0.3 is 0 Å². The molecule has 16 heavy (non-hydrogen) atoms. The number of hydrogen-bond donors (Lipinski definition) is 1. The fourth-order valence-electron chi connectivity index (χ4n) is 2.09. The Morgan fingerprint density at radius 1 is 1.25 bits per heavy atom. The van der Waals surface area contributed by atoms with Crippen LogP contribution in [0.25, 0.3) is 0 Å². The Bertz CT molecular complexity index is 400. The third-order valence-electron chi connectivity index (χ3n) is 2.73. The van der Waals surface area contributed by atoms with E-state index in [1.807, 2.05) is 12.1 Å². The Kier molecular flexibility index (Phi) is 3.41. The molecule has 0 radical (unpaired) electrons. The molecule has 1 aromatic rings. The van der Waals surface area contributed by atoms with Crippen LogP contribution in [0.4, 0.5) is 0 Å². The van der Waals surface area contributed by atoms with Gasteiger partial charge in [-0.25, -0.2) is 0 Å². The summed E-state index contributed by atoms with van der Waals surface area (Å²) in [5.74, 6) is 0.0564. The lowest BCUT2D eigenvalue weighted by molar-refractivity contribution is 0.0998. The zero-order valence-corrected chi connectivity index (χ0v) is 10.8. The first-order chi connectivity index (χ1) is 7.25. The quantitative estimate of drug-likeness (QED) is 0.815. The average Bonchev–Trinajstić information content (AvgIpc) is 2.15. The van der Waals surface area contributed by atoms with Crippen molar-refractivity contribution < 1.29 is 4.79 Å². The van der Waals surface area contributed by atoms with Crippen molar-refractivity contribution in [1.82, 2.24) is 0 Å². The summed E-state index contributed by atoms with van der Waals surface area (Å²) < 4.78 is 0. The molecule has 1 aromatic carbocycles. The van der Waals surface area contributed by atoms with Gasteiger partial charge in [0.1, 0.15) is 0 Å².